The van der Waals surface area contributed by atoms with Gasteiger partial charge >= 0.3 is 0 Å². The molecule has 0 amide bonds. The Morgan fingerprint density at radius 3 is 2.87 bits per heavy atom. The number of rotatable bonds is 3. The molecule has 0 bridgehead atoms. The number of hydrogen-bond donors (Lipinski definition) is 1. The first-order valence-electron chi connectivity index (χ1n) is 4.73. The van der Waals surface area contributed by atoms with E-state index in [4.69, 9.17) is 0 Å². The molecule has 2 aromatic rings. The van der Waals surface area contributed by atoms with Crippen LogP contribution in [0.4, 0.5) is 5.82 Å². The Kier molecular flexibility index (Phi) is 2.57. The molecule has 0 aliphatic rings. The topological polar surface area (TPSA) is 68.5 Å². The van der Waals surface area contributed by atoms with E-state index in [2.05, 4.69) is 25.4 Å². The molecule has 6 nitrogen and oxygen atoms in total. The summed E-state index contributed by atoms with van der Waals surface area (Å²) in [6.45, 7) is 4.81. The Labute approximate surface area is 87.4 Å². The van der Waals surface area contributed by atoms with E-state index in [1.807, 2.05) is 13.8 Å². The maximum Gasteiger partial charge on any atom is 0.163 e. The van der Waals surface area contributed by atoms with Crippen LogP contribution in [-0.2, 0) is 0 Å². The van der Waals surface area contributed by atoms with Gasteiger partial charge in [-0.15, -0.1) is 0 Å². The number of anilines is 1. The van der Waals surface area contributed by atoms with Crippen molar-refractivity contribution < 1.29 is 0 Å². The fourth-order valence-electron chi connectivity index (χ4n) is 1.34. The second-order valence-corrected chi connectivity index (χ2v) is 3.04. The quantitative estimate of drug-likeness (QED) is 0.800. The Hall–Kier alpha value is -1.98. The summed E-state index contributed by atoms with van der Waals surface area (Å²) in [6, 6.07) is 0. The minimum atomic E-state index is 0.749. The van der Waals surface area contributed by atoms with Gasteiger partial charge < -0.3 is 5.32 Å². The van der Waals surface area contributed by atoms with Crippen LogP contribution in [0, 0.1) is 6.92 Å². The Morgan fingerprint density at radius 1 is 1.33 bits per heavy atom. The molecule has 0 spiro atoms. The predicted octanol–water partition coefficient (Wildman–Crippen LogP) is 0.798. The van der Waals surface area contributed by atoms with Crippen molar-refractivity contribution in [2.45, 2.75) is 13.8 Å². The molecule has 1 N–H and O–H groups in total. The van der Waals surface area contributed by atoms with Crippen molar-refractivity contribution in [3.05, 3.63) is 24.5 Å². The summed E-state index contributed by atoms with van der Waals surface area (Å²) in [5.41, 5.74) is 0.963. The molecule has 2 aromatic heterocycles. The van der Waals surface area contributed by atoms with Crippen LogP contribution in [-0.4, -0.2) is 31.3 Å². The van der Waals surface area contributed by atoms with Gasteiger partial charge in [0.25, 0.3) is 0 Å². The maximum absolute atomic E-state index is 4.17. The van der Waals surface area contributed by atoms with Gasteiger partial charge in [0, 0.05) is 12.1 Å². The van der Waals surface area contributed by atoms with Gasteiger partial charge in [-0.2, -0.15) is 5.10 Å². The number of hydrogen-bond acceptors (Lipinski definition) is 5. The van der Waals surface area contributed by atoms with Gasteiger partial charge in [0.05, 0.1) is 0 Å². The SMILES string of the molecule is CCNc1ncnc(-n2cncn2)c1C. The molecule has 0 unspecified atom stereocenters. The van der Waals surface area contributed by atoms with Gasteiger partial charge in [-0.3, -0.25) is 0 Å². The van der Waals surface area contributed by atoms with Crippen molar-refractivity contribution >= 4 is 5.82 Å². The first kappa shape index (κ1) is 9.57. The zero-order valence-electron chi connectivity index (χ0n) is 8.68. The summed E-state index contributed by atoms with van der Waals surface area (Å²) in [5.74, 6) is 1.58. The molecule has 15 heavy (non-hydrogen) atoms. The molecule has 0 aliphatic heterocycles. The fourth-order valence-corrected chi connectivity index (χ4v) is 1.34. The minimum absolute atomic E-state index is 0.749. The van der Waals surface area contributed by atoms with Gasteiger partial charge in [0.1, 0.15) is 24.8 Å². The second-order valence-electron chi connectivity index (χ2n) is 3.04. The van der Waals surface area contributed by atoms with Crippen LogP contribution < -0.4 is 5.32 Å². The van der Waals surface area contributed by atoms with Crippen LogP contribution in [0.3, 0.4) is 0 Å². The van der Waals surface area contributed by atoms with Crippen molar-refractivity contribution in [3.8, 4) is 5.82 Å². The molecule has 0 saturated carbocycles. The van der Waals surface area contributed by atoms with Crippen LogP contribution in [0.15, 0.2) is 19.0 Å². The number of nitrogens with zero attached hydrogens (tertiary/aromatic N) is 5. The minimum Gasteiger partial charge on any atom is -0.370 e. The van der Waals surface area contributed by atoms with E-state index in [9.17, 15) is 0 Å². The molecule has 6 heteroatoms. The van der Waals surface area contributed by atoms with Crippen LogP contribution >= 0.6 is 0 Å². The van der Waals surface area contributed by atoms with Gasteiger partial charge in [-0.25, -0.2) is 19.6 Å². The molecule has 0 fully saturated rings. The highest BCUT2D eigenvalue weighted by Gasteiger charge is 2.07. The van der Waals surface area contributed by atoms with Crippen LogP contribution in [0.2, 0.25) is 0 Å². The highest BCUT2D eigenvalue weighted by molar-refractivity contribution is 5.50. The molecule has 0 aromatic carbocycles. The monoisotopic (exact) mass is 204 g/mol. The van der Waals surface area contributed by atoms with Crippen molar-refractivity contribution in [3.63, 3.8) is 0 Å². The van der Waals surface area contributed by atoms with Gasteiger partial charge in [0.2, 0.25) is 0 Å². The van der Waals surface area contributed by atoms with Crippen molar-refractivity contribution in [2.24, 2.45) is 0 Å². The molecule has 2 rings (SSSR count). The standard InChI is InChI=1S/C9H12N6/c1-3-11-8-7(2)9(13-5-12-8)15-6-10-4-14-15/h4-6H,3H2,1-2H3,(H,11,12,13). The zero-order valence-corrected chi connectivity index (χ0v) is 8.68. The average molecular weight is 204 g/mol. The number of aromatic nitrogens is 5. The largest absolute Gasteiger partial charge is 0.370 e. The first-order chi connectivity index (χ1) is 7.33. The van der Waals surface area contributed by atoms with Gasteiger partial charge in [-0.05, 0) is 13.8 Å². The second kappa shape index (κ2) is 4.04. The van der Waals surface area contributed by atoms with E-state index in [1.54, 1.807) is 11.0 Å². The zero-order chi connectivity index (χ0) is 10.7. The Morgan fingerprint density at radius 2 is 2.20 bits per heavy atom. The van der Waals surface area contributed by atoms with Crippen LogP contribution in [0.5, 0.6) is 0 Å². The van der Waals surface area contributed by atoms with Crippen molar-refractivity contribution in [1.82, 2.24) is 24.7 Å². The molecule has 0 aliphatic carbocycles. The highest BCUT2D eigenvalue weighted by Crippen LogP contribution is 2.15. The normalized spacial score (nSPS) is 10.3. The summed E-state index contributed by atoms with van der Waals surface area (Å²) < 4.78 is 1.62. The summed E-state index contributed by atoms with van der Waals surface area (Å²) in [5, 5.41) is 7.20. The van der Waals surface area contributed by atoms with E-state index in [0.29, 0.717) is 0 Å². The third kappa shape index (κ3) is 1.78. The third-order valence-corrected chi connectivity index (χ3v) is 2.04. The molecule has 0 saturated heterocycles. The summed E-state index contributed by atoms with van der Waals surface area (Å²) in [7, 11) is 0. The Bertz CT molecular complexity index is 436. The lowest BCUT2D eigenvalue weighted by molar-refractivity contribution is 0.827. The fraction of sp³-hybridized carbons (Fsp3) is 0.333. The molecular weight excluding hydrogens is 192 g/mol. The number of nitrogens with one attached hydrogen (secondary N) is 1. The smallest absolute Gasteiger partial charge is 0.163 e. The molecular formula is C9H12N6. The van der Waals surface area contributed by atoms with Crippen molar-refractivity contribution in [1.29, 1.82) is 0 Å². The van der Waals surface area contributed by atoms with E-state index in [1.165, 1.54) is 12.7 Å². The lowest BCUT2D eigenvalue weighted by atomic mass is 10.3. The summed E-state index contributed by atoms with van der Waals surface area (Å²) in [6.07, 6.45) is 4.61. The molecule has 2 heterocycles. The van der Waals surface area contributed by atoms with Crippen LogP contribution in [0.1, 0.15) is 12.5 Å². The van der Waals surface area contributed by atoms with Crippen molar-refractivity contribution in [2.75, 3.05) is 11.9 Å². The maximum atomic E-state index is 4.17. The lowest BCUT2D eigenvalue weighted by Gasteiger charge is -2.08. The Balaban J connectivity index is 2.45. The average Bonchev–Trinajstić information content (AvgIpc) is 2.74. The van der Waals surface area contributed by atoms with E-state index < -0.39 is 0 Å². The summed E-state index contributed by atoms with van der Waals surface area (Å²) >= 11 is 0. The van der Waals surface area contributed by atoms with E-state index in [0.717, 1.165) is 23.7 Å². The third-order valence-electron chi connectivity index (χ3n) is 2.04. The van der Waals surface area contributed by atoms with Gasteiger partial charge in [0.15, 0.2) is 5.82 Å². The lowest BCUT2D eigenvalue weighted by Crippen LogP contribution is -2.07. The van der Waals surface area contributed by atoms with Crippen LogP contribution in [0.25, 0.3) is 5.82 Å². The first-order valence-corrected chi connectivity index (χ1v) is 4.73. The summed E-state index contributed by atoms with van der Waals surface area (Å²) in [4.78, 5) is 12.2. The van der Waals surface area contributed by atoms with Gasteiger partial charge in [-0.1, -0.05) is 0 Å². The van der Waals surface area contributed by atoms with E-state index in [-0.39, 0.29) is 0 Å². The highest BCUT2D eigenvalue weighted by atomic mass is 15.3. The molecule has 0 radical (unpaired) electrons. The molecule has 78 valence electrons. The van der Waals surface area contributed by atoms with E-state index >= 15 is 0 Å². The molecule has 0 atom stereocenters. The predicted molar refractivity (Wildman–Crippen MR) is 55.8 cm³/mol.